The lowest BCUT2D eigenvalue weighted by Gasteiger charge is -2.24. The predicted octanol–water partition coefficient (Wildman–Crippen LogP) is 3.51. The minimum absolute atomic E-state index is 0.0312. The van der Waals surface area contributed by atoms with E-state index in [1.807, 2.05) is 13.8 Å². The first-order valence-electron chi connectivity index (χ1n) is 8.80. The van der Waals surface area contributed by atoms with E-state index in [1.54, 1.807) is 6.92 Å². The van der Waals surface area contributed by atoms with Gasteiger partial charge < -0.3 is 5.11 Å². The van der Waals surface area contributed by atoms with Gasteiger partial charge >= 0.3 is 0 Å². The smallest absolute Gasteiger partial charge is 0.216 e. The van der Waals surface area contributed by atoms with Crippen molar-refractivity contribution >= 4 is 10.0 Å². The van der Waals surface area contributed by atoms with Gasteiger partial charge in [0.15, 0.2) is 0 Å². The van der Waals surface area contributed by atoms with Gasteiger partial charge in [0, 0.05) is 5.92 Å². The molecular weight excluding hydrogens is 298 g/mol. The highest BCUT2D eigenvalue weighted by atomic mass is 32.2. The molecule has 5 atom stereocenters. The number of aliphatic hydroxyl groups is 1. The van der Waals surface area contributed by atoms with Crippen molar-refractivity contribution in [1.29, 1.82) is 0 Å². The van der Waals surface area contributed by atoms with Crippen molar-refractivity contribution in [2.45, 2.75) is 84.6 Å². The Bertz CT molecular complexity index is 449. The zero-order chi connectivity index (χ0) is 17.1. The molecular formula is C17H35NO3S. The van der Waals surface area contributed by atoms with Gasteiger partial charge in [0.25, 0.3) is 0 Å². The summed E-state index contributed by atoms with van der Waals surface area (Å²) < 4.78 is 27.2. The molecule has 2 N–H and O–H groups in total. The summed E-state index contributed by atoms with van der Waals surface area (Å²) >= 11 is 0. The predicted molar refractivity (Wildman–Crippen MR) is 91.9 cm³/mol. The van der Waals surface area contributed by atoms with Crippen LogP contribution in [-0.4, -0.2) is 24.5 Å². The molecule has 1 aliphatic carbocycles. The Kier molecular flexibility index (Phi) is 6.90. The Balaban J connectivity index is 2.58. The number of nitrogens with one attached hydrogen (secondary N) is 1. The van der Waals surface area contributed by atoms with Crippen molar-refractivity contribution < 1.29 is 13.5 Å². The molecule has 0 heterocycles. The van der Waals surface area contributed by atoms with E-state index < -0.39 is 21.0 Å². The fourth-order valence-corrected chi connectivity index (χ4v) is 4.72. The highest BCUT2D eigenvalue weighted by molar-refractivity contribution is 7.90. The van der Waals surface area contributed by atoms with E-state index in [4.69, 9.17) is 0 Å². The first kappa shape index (κ1) is 19.9. The minimum atomic E-state index is -3.47. The number of unbranched alkanes of at least 4 members (excludes halogenated alkanes) is 2. The molecule has 1 unspecified atom stereocenters. The molecule has 22 heavy (non-hydrogen) atoms. The number of hydrogen-bond donors (Lipinski definition) is 2. The van der Waals surface area contributed by atoms with Crippen molar-refractivity contribution in [3.05, 3.63) is 0 Å². The summed E-state index contributed by atoms with van der Waals surface area (Å²) in [6, 6.07) is 0. The fourth-order valence-electron chi connectivity index (χ4n) is 3.09. The van der Waals surface area contributed by atoms with Crippen LogP contribution in [0.3, 0.4) is 0 Å². The lowest BCUT2D eigenvalue weighted by atomic mass is 9.87. The normalized spacial score (nSPS) is 29.4. The third kappa shape index (κ3) is 4.93. The largest absolute Gasteiger partial charge is 0.375 e. The van der Waals surface area contributed by atoms with Crippen molar-refractivity contribution in [3.63, 3.8) is 0 Å². The van der Waals surface area contributed by atoms with Crippen molar-refractivity contribution in [2.75, 3.05) is 0 Å². The standard InChI is InChI=1S/C17H35NO3S/c1-7-8-9-10-13(4)14(5)16-11-17(16,19)18-22(20,21)15(6)12(2)3/h12-16,18-19H,7-11H2,1-6H3/t13-,14?,15-,16+,17-/m1/s1. The maximum atomic E-state index is 12.3. The van der Waals surface area contributed by atoms with Crippen LogP contribution in [0, 0.1) is 23.7 Å². The topological polar surface area (TPSA) is 66.4 Å². The van der Waals surface area contributed by atoms with Crippen LogP contribution in [0.25, 0.3) is 0 Å². The van der Waals surface area contributed by atoms with Gasteiger partial charge in [-0.05, 0) is 31.1 Å². The van der Waals surface area contributed by atoms with E-state index in [1.165, 1.54) is 19.3 Å². The highest BCUT2D eigenvalue weighted by Gasteiger charge is 2.58. The minimum Gasteiger partial charge on any atom is -0.375 e. The first-order valence-corrected chi connectivity index (χ1v) is 10.3. The van der Waals surface area contributed by atoms with Crippen LogP contribution in [0.5, 0.6) is 0 Å². The summed E-state index contributed by atoms with van der Waals surface area (Å²) in [4.78, 5) is 0. The molecule has 0 bridgehead atoms. The SMILES string of the molecule is CCCCC[C@@H](C)C(C)[C@@H]1C[C@]1(O)NS(=O)(=O)[C@H](C)C(C)C. The Labute approximate surface area is 137 Å². The summed E-state index contributed by atoms with van der Waals surface area (Å²) in [6.07, 6.45) is 5.35. The van der Waals surface area contributed by atoms with Gasteiger partial charge in [-0.3, -0.25) is 0 Å². The molecule has 4 nitrogen and oxygen atoms in total. The molecule has 0 aliphatic heterocycles. The molecule has 0 aromatic heterocycles. The van der Waals surface area contributed by atoms with Crippen molar-refractivity contribution in [1.82, 2.24) is 4.72 Å². The number of sulfonamides is 1. The maximum Gasteiger partial charge on any atom is 0.216 e. The second kappa shape index (κ2) is 7.63. The molecule has 0 radical (unpaired) electrons. The monoisotopic (exact) mass is 333 g/mol. The van der Waals surface area contributed by atoms with Crippen molar-refractivity contribution in [3.8, 4) is 0 Å². The molecule has 5 heteroatoms. The second-order valence-electron chi connectivity index (χ2n) is 7.66. The second-order valence-corrected chi connectivity index (χ2v) is 9.70. The molecule has 0 spiro atoms. The lowest BCUT2D eigenvalue weighted by molar-refractivity contribution is 0.0975. The van der Waals surface area contributed by atoms with Crippen LogP contribution in [0.4, 0.5) is 0 Å². The van der Waals surface area contributed by atoms with Gasteiger partial charge in [-0.25, -0.2) is 8.42 Å². The van der Waals surface area contributed by atoms with E-state index in [0.29, 0.717) is 18.3 Å². The van der Waals surface area contributed by atoms with E-state index >= 15 is 0 Å². The van der Waals surface area contributed by atoms with Crippen LogP contribution in [0.15, 0.2) is 0 Å². The van der Waals surface area contributed by atoms with Gasteiger partial charge in [0.1, 0.15) is 5.72 Å². The molecule has 0 amide bonds. The van der Waals surface area contributed by atoms with Gasteiger partial charge in [0.2, 0.25) is 10.0 Å². The molecule has 1 saturated carbocycles. The summed E-state index contributed by atoms with van der Waals surface area (Å²) in [5.74, 6) is 0.915. The van der Waals surface area contributed by atoms with E-state index in [9.17, 15) is 13.5 Å². The lowest BCUT2D eigenvalue weighted by Crippen LogP contribution is -2.45. The van der Waals surface area contributed by atoms with Gasteiger partial charge in [-0.15, -0.1) is 0 Å². The zero-order valence-corrected chi connectivity index (χ0v) is 15.9. The molecule has 132 valence electrons. The molecule has 1 rings (SSSR count). The average molecular weight is 334 g/mol. The number of hydrogen-bond acceptors (Lipinski definition) is 3. The van der Waals surface area contributed by atoms with Gasteiger partial charge in [-0.2, -0.15) is 4.72 Å². The molecule has 0 saturated heterocycles. The Morgan fingerprint density at radius 1 is 1.18 bits per heavy atom. The van der Waals surface area contributed by atoms with E-state index in [-0.39, 0.29) is 11.8 Å². The Morgan fingerprint density at radius 2 is 1.77 bits per heavy atom. The van der Waals surface area contributed by atoms with Gasteiger partial charge in [-0.1, -0.05) is 60.3 Å². The molecule has 1 fully saturated rings. The third-order valence-electron chi connectivity index (χ3n) is 5.53. The van der Waals surface area contributed by atoms with E-state index in [0.717, 1.165) is 6.42 Å². The van der Waals surface area contributed by atoms with Crippen LogP contribution < -0.4 is 4.72 Å². The van der Waals surface area contributed by atoms with Crippen LogP contribution in [-0.2, 0) is 10.0 Å². The number of rotatable bonds is 10. The summed E-state index contributed by atoms with van der Waals surface area (Å²) in [6.45, 7) is 12.0. The summed E-state index contributed by atoms with van der Waals surface area (Å²) in [5, 5.41) is 10.1. The maximum absolute atomic E-state index is 12.3. The van der Waals surface area contributed by atoms with Crippen LogP contribution in [0.1, 0.15) is 73.6 Å². The summed E-state index contributed by atoms with van der Waals surface area (Å²) in [5.41, 5.74) is -1.22. The molecule has 0 aromatic rings. The Hall–Kier alpha value is -0.130. The van der Waals surface area contributed by atoms with Crippen LogP contribution in [0.2, 0.25) is 0 Å². The fraction of sp³-hybridized carbons (Fsp3) is 1.00. The summed E-state index contributed by atoms with van der Waals surface area (Å²) in [7, 11) is -3.47. The zero-order valence-electron chi connectivity index (χ0n) is 15.1. The molecule has 0 aromatic carbocycles. The molecule has 1 aliphatic rings. The van der Waals surface area contributed by atoms with Crippen molar-refractivity contribution in [2.24, 2.45) is 23.7 Å². The van der Waals surface area contributed by atoms with Gasteiger partial charge in [0.05, 0.1) is 5.25 Å². The Morgan fingerprint density at radius 3 is 2.27 bits per heavy atom. The average Bonchev–Trinajstić information content (AvgIpc) is 3.07. The first-order chi connectivity index (χ1) is 10.0. The van der Waals surface area contributed by atoms with E-state index in [2.05, 4.69) is 25.5 Å². The van der Waals surface area contributed by atoms with Crippen LogP contribution >= 0.6 is 0 Å². The third-order valence-corrected chi connectivity index (χ3v) is 7.69. The highest BCUT2D eigenvalue weighted by Crippen LogP contribution is 2.50. The quantitative estimate of drug-likeness (QED) is 0.475.